The Bertz CT molecular complexity index is 873. The van der Waals surface area contributed by atoms with Crippen LogP contribution in [0.15, 0.2) is 36.4 Å². The minimum atomic E-state index is -1.17. The van der Waals surface area contributed by atoms with Gasteiger partial charge in [0, 0.05) is 6.07 Å². The molecule has 1 aliphatic heterocycles. The topological polar surface area (TPSA) is 93.1 Å². The van der Waals surface area contributed by atoms with Gasteiger partial charge in [-0.05, 0) is 30.3 Å². The van der Waals surface area contributed by atoms with E-state index in [1.54, 1.807) is 12.1 Å². The van der Waals surface area contributed by atoms with E-state index in [0.29, 0.717) is 11.5 Å². The molecule has 1 heterocycles. The van der Waals surface area contributed by atoms with Crippen molar-refractivity contribution in [3.8, 4) is 11.5 Å². The number of rotatable bonds is 4. The zero-order valence-corrected chi connectivity index (χ0v) is 12.9. The summed E-state index contributed by atoms with van der Waals surface area (Å²) in [6.45, 7) is 0. The third-order valence-corrected chi connectivity index (χ3v) is 3.76. The highest BCUT2D eigenvalue weighted by atomic mass is 16.5. The van der Waals surface area contributed by atoms with Crippen LogP contribution in [0, 0.1) is 0 Å². The molecule has 2 aromatic carbocycles. The van der Waals surface area contributed by atoms with E-state index in [4.69, 9.17) is 14.6 Å². The van der Waals surface area contributed by atoms with E-state index in [1.807, 2.05) is 0 Å². The first-order chi connectivity index (χ1) is 11.5. The smallest absolute Gasteiger partial charge is 0.335 e. The largest absolute Gasteiger partial charge is 0.497 e. The van der Waals surface area contributed by atoms with Crippen molar-refractivity contribution in [2.24, 2.45) is 0 Å². The minimum absolute atomic E-state index is 0.0461. The van der Waals surface area contributed by atoms with E-state index in [1.165, 1.54) is 38.5 Å². The molecule has 0 saturated carbocycles. The average Bonchev–Trinajstić information content (AvgIpc) is 2.84. The Balaban J connectivity index is 2.13. The Hall–Kier alpha value is -3.35. The van der Waals surface area contributed by atoms with Crippen LogP contribution in [0.3, 0.4) is 0 Å². The van der Waals surface area contributed by atoms with Crippen molar-refractivity contribution in [3.63, 3.8) is 0 Å². The van der Waals surface area contributed by atoms with Crippen molar-refractivity contribution in [1.82, 2.24) is 0 Å². The summed E-state index contributed by atoms with van der Waals surface area (Å²) in [7, 11) is 2.89. The summed E-state index contributed by atoms with van der Waals surface area (Å²) in [6.07, 6.45) is 0. The van der Waals surface area contributed by atoms with Crippen molar-refractivity contribution in [2.45, 2.75) is 0 Å². The highest BCUT2D eigenvalue weighted by molar-refractivity contribution is 6.35. The molecule has 122 valence electrons. The van der Waals surface area contributed by atoms with Gasteiger partial charge in [-0.15, -0.1) is 0 Å². The van der Waals surface area contributed by atoms with Gasteiger partial charge in [0.15, 0.2) is 0 Å². The van der Waals surface area contributed by atoms with Gasteiger partial charge < -0.3 is 14.6 Å². The molecule has 0 fully saturated rings. The Kier molecular flexibility index (Phi) is 3.69. The SMILES string of the molecule is COc1ccc(OC)c(N2C(=O)c3ccc(C(=O)O)cc3C2=O)c1. The van der Waals surface area contributed by atoms with Crippen LogP contribution >= 0.6 is 0 Å². The number of anilines is 1. The maximum absolute atomic E-state index is 12.7. The van der Waals surface area contributed by atoms with Gasteiger partial charge >= 0.3 is 5.97 Å². The van der Waals surface area contributed by atoms with Crippen molar-refractivity contribution in [1.29, 1.82) is 0 Å². The van der Waals surface area contributed by atoms with Gasteiger partial charge in [0.2, 0.25) is 0 Å². The van der Waals surface area contributed by atoms with Crippen LogP contribution in [0.2, 0.25) is 0 Å². The number of ether oxygens (including phenoxy) is 2. The van der Waals surface area contributed by atoms with Crippen LogP contribution in [-0.2, 0) is 0 Å². The van der Waals surface area contributed by atoms with E-state index < -0.39 is 17.8 Å². The number of carbonyl (C=O) groups excluding carboxylic acids is 2. The lowest BCUT2D eigenvalue weighted by Gasteiger charge is -2.18. The van der Waals surface area contributed by atoms with Gasteiger partial charge in [-0.3, -0.25) is 9.59 Å². The highest BCUT2D eigenvalue weighted by Crippen LogP contribution is 2.37. The summed E-state index contributed by atoms with van der Waals surface area (Å²) in [5.74, 6) is -1.55. The molecule has 1 N–H and O–H groups in total. The quantitative estimate of drug-likeness (QED) is 0.865. The molecule has 7 heteroatoms. The first-order valence-corrected chi connectivity index (χ1v) is 6.96. The highest BCUT2D eigenvalue weighted by Gasteiger charge is 2.38. The molecule has 0 spiro atoms. The number of amides is 2. The number of carboxylic acid groups (broad SMARTS) is 1. The van der Waals surface area contributed by atoms with Crippen LogP contribution in [0.4, 0.5) is 5.69 Å². The number of carboxylic acids is 1. The minimum Gasteiger partial charge on any atom is -0.497 e. The lowest BCUT2D eigenvalue weighted by Crippen LogP contribution is -2.29. The van der Waals surface area contributed by atoms with Gasteiger partial charge in [0.25, 0.3) is 11.8 Å². The van der Waals surface area contributed by atoms with E-state index in [-0.39, 0.29) is 22.4 Å². The van der Waals surface area contributed by atoms with Crippen molar-refractivity contribution in [2.75, 3.05) is 19.1 Å². The number of hydrogen-bond donors (Lipinski definition) is 1. The third kappa shape index (κ3) is 2.26. The van der Waals surface area contributed by atoms with Gasteiger partial charge in [-0.1, -0.05) is 0 Å². The number of hydrogen-bond acceptors (Lipinski definition) is 5. The predicted molar refractivity (Wildman–Crippen MR) is 84.1 cm³/mol. The maximum atomic E-state index is 12.7. The number of fused-ring (bicyclic) bond motifs is 1. The number of imide groups is 1. The van der Waals surface area contributed by atoms with Gasteiger partial charge in [0.05, 0.1) is 36.6 Å². The fourth-order valence-electron chi connectivity index (χ4n) is 2.56. The Morgan fingerprint density at radius 3 is 2.29 bits per heavy atom. The van der Waals surface area contributed by atoms with Gasteiger partial charge in [-0.2, -0.15) is 0 Å². The van der Waals surface area contributed by atoms with Gasteiger partial charge in [0.1, 0.15) is 11.5 Å². The first-order valence-electron chi connectivity index (χ1n) is 6.96. The molecule has 3 rings (SSSR count). The van der Waals surface area contributed by atoms with E-state index in [0.717, 1.165) is 4.90 Å². The lowest BCUT2D eigenvalue weighted by molar-refractivity contribution is 0.0696. The van der Waals surface area contributed by atoms with Crippen molar-refractivity contribution < 1.29 is 29.0 Å². The molecular formula is C17H13NO6. The number of methoxy groups -OCH3 is 2. The molecule has 7 nitrogen and oxygen atoms in total. The molecule has 0 atom stereocenters. The number of nitrogens with zero attached hydrogens (tertiary/aromatic N) is 1. The third-order valence-electron chi connectivity index (χ3n) is 3.76. The molecule has 2 amide bonds. The molecule has 1 aliphatic rings. The van der Waals surface area contributed by atoms with Crippen molar-refractivity contribution >= 4 is 23.5 Å². The fraction of sp³-hybridized carbons (Fsp3) is 0.118. The molecule has 0 bridgehead atoms. The molecule has 24 heavy (non-hydrogen) atoms. The number of carbonyl (C=O) groups is 3. The predicted octanol–water partition coefficient (Wildman–Crippen LogP) is 2.20. The van der Waals surface area contributed by atoms with Gasteiger partial charge in [-0.25, -0.2) is 9.69 Å². The van der Waals surface area contributed by atoms with Crippen LogP contribution < -0.4 is 14.4 Å². The zero-order chi connectivity index (χ0) is 17.4. The Morgan fingerprint density at radius 1 is 0.958 bits per heavy atom. The van der Waals surface area contributed by atoms with Crippen LogP contribution in [-0.4, -0.2) is 37.1 Å². The van der Waals surface area contributed by atoms with E-state index in [2.05, 4.69) is 0 Å². The number of benzene rings is 2. The standard InChI is InChI=1S/C17H13NO6/c1-23-10-4-6-14(24-2)13(8-10)18-15(19)11-5-3-9(17(21)22)7-12(11)16(18)20/h3-8H,1-2H3,(H,21,22). The summed E-state index contributed by atoms with van der Waals surface area (Å²) >= 11 is 0. The van der Waals surface area contributed by atoms with Crippen LogP contribution in [0.5, 0.6) is 11.5 Å². The molecule has 0 saturated heterocycles. The normalized spacial score (nSPS) is 13.0. The summed E-state index contributed by atoms with van der Waals surface area (Å²) in [5.41, 5.74) is 0.369. The zero-order valence-electron chi connectivity index (χ0n) is 12.9. The molecule has 0 aromatic heterocycles. The fourth-order valence-corrected chi connectivity index (χ4v) is 2.56. The molecule has 2 aromatic rings. The summed E-state index contributed by atoms with van der Waals surface area (Å²) in [4.78, 5) is 37.3. The monoisotopic (exact) mass is 327 g/mol. The Morgan fingerprint density at radius 2 is 1.67 bits per heavy atom. The molecule has 0 radical (unpaired) electrons. The molecular weight excluding hydrogens is 314 g/mol. The second-order valence-corrected chi connectivity index (χ2v) is 5.05. The number of aromatic carboxylic acids is 1. The first kappa shape index (κ1) is 15.5. The lowest BCUT2D eigenvalue weighted by atomic mass is 10.1. The summed E-state index contributed by atoms with van der Waals surface area (Å²) < 4.78 is 10.3. The second-order valence-electron chi connectivity index (χ2n) is 5.05. The molecule has 0 aliphatic carbocycles. The summed E-state index contributed by atoms with van der Waals surface area (Å²) in [6, 6.07) is 8.57. The van der Waals surface area contributed by atoms with Crippen LogP contribution in [0.1, 0.15) is 31.1 Å². The summed E-state index contributed by atoms with van der Waals surface area (Å²) in [5, 5.41) is 9.06. The Labute approximate surface area is 137 Å². The van der Waals surface area contributed by atoms with Crippen LogP contribution in [0.25, 0.3) is 0 Å². The second kappa shape index (κ2) is 5.69. The maximum Gasteiger partial charge on any atom is 0.335 e. The van der Waals surface area contributed by atoms with E-state index in [9.17, 15) is 14.4 Å². The molecule has 0 unspecified atom stereocenters. The van der Waals surface area contributed by atoms with Crippen molar-refractivity contribution in [3.05, 3.63) is 53.1 Å². The average molecular weight is 327 g/mol. The van der Waals surface area contributed by atoms with E-state index >= 15 is 0 Å².